The van der Waals surface area contributed by atoms with Gasteiger partial charge in [-0.2, -0.15) is 5.10 Å². The molecule has 1 aliphatic heterocycles. The van der Waals surface area contributed by atoms with E-state index in [1.807, 2.05) is 6.92 Å². The average Bonchev–Trinajstić information content (AvgIpc) is 2.87. The van der Waals surface area contributed by atoms with Crippen molar-refractivity contribution in [2.45, 2.75) is 19.8 Å². The predicted molar refractivity (Wildman–Crippen MR) is 85.0 cm³/mol. The first-order valence-electron chi connectivity index (χ1n) is 7.13. The number of nitrogens with one attached hydrogen (secondary N) is 1. The molecule has 1 saturated heterocycles. The first-order chi connectivity index (χ1) is 10.8. The number of rotatable bonds is 5. The van der Waals surface area contributed by atoms with Gasteiger partial charge in [0.15, 0.2) is 9.84 Å². The third kappa shape index (κ3) is 4.35. The van der Waals surface area contributed by atoms with Crippen LogP contribution in [0.1, 0.15) is 24.5 Å². The predicted octanol–water partition coefficient (Wildman–Crippen LogP) is 1.04. The topological polar surface area (TPSA) is 119 Å². The van der Waals surface area contributed by atoms with Crippen molar-refractivity contribution in [1.29, 1.82) is 0 Å². The smallest absolute Gasteiger partial charge is 0.273 e. The molecule has 1 N–H and O–H groups in total. The number of hydrogen-bond acceptors (Lipinski definition) is 6. The Labute approximate surface area is 133 Å². The molecule has 0 aliphatic carbocycles. The Morgan fingerprint density at radius 2 is 2.26 bits per heavy atom. The highest BCUT2D eigenvalue weighted by Gasteiger charge is 2.32. The molecule has 0 unspecified atom stereocenters. The van der Waals surface area contributed by atoms with Gasteiger partial charge < -0.3 is 0 Å². The number of hydrogen-bond donors (Lipinski definition) is 1. The van der Waals surface area contributed by atoms with Crippen LogP contribution in [0, 0.1) is 16.0 Å². The molecular formula is C14H17N3O5S. The number of sulfone groups is 1. The number of amides is 1. The van der Waals surface area contributed by atoms with E-state index in [-0.39, 0.29) is 17.2 Å². The SMILES string of the molecule is CCc1ccc(/C=N\NC(=O)[C@H]2CCS(=O)(=O)C2)cc1[N+](=O)[O-]. The Balaban J connectivity index is 2.02. The zero-order chi connectivity index (χ0) is 17.0. The lowest BCUT2D eigenvalue weighted by atomic mass is 10.1. The van der Waals surface area contributed by atoms with E-state index in [2.05, 4.69) is 10.5 Å². The lowest BCUT2D eigenvalue weighted by Crippen LogP contribution is -2.27. The van der Waals surface area contributed by atoms with E-state index in [4.69, 9.17) is 0 Å². The molecule has 23 heavy (non-hydrogen) atoms. The molecule has 1 atom stereocenters. The summed E-state index contributed by atoms with van der Waals surface area (Å²) in [6.07, 6.45) is 2.13. The standard InChI is InChI=1S/C14H17N3O5S/c1-2-11-4-3-10(7-13(11)17(19)20)8-15-16-14(18)12-5-6-23(21,22)9-12/h3-4,7-8,12H,2,5-6,9H2,1H3,(H,16,18)/b15-8-/t12-/m0/s1. The third-order valence-corrected chi connectivity index (χ3v) is 5.45. The number of carbonyl (C=O) groups is 1. The first kappa shape index (κ1) is 17.1. The van der Waals surface area contributed by atoms with E-state index in [1.165, 1.54) is 12.3 Å². The minimum atomic E-state index is -3.13. The molecule has 1 heterocycles. The summed E-state index contributed by atoms with van der Waals surface area (Å²) >= 11 is 0. The van der Waals surface area contributed by atoms with Crippen LogP contribution in [0.2, 0.25) is 0 Å². The molecule has 0 aromatic heterocycles. The molecule has 124 valence electrons. The molecule has 0 bridgehead atoms. The van der Waals surface area contributed by atoms with Gasteiger partial charge in [0.2, 0.25) is 5.91 Å². The Morgan fingerprint density at radius 1 is 1.52 bits per heavy atom. The fraction of sp³-hybridized carbons (Fsp3) is 0.429. The molecule has 1 aromatic rings. The zero-order valence-electron chi connectivity index (χ0n) is 12.6. The van der Waals surface area contributed by atoms with E-state index < -0.39 is 26.6 Å². The Bertz CT molecular complexity index is 758. The second-order valence-electron chi connectivity index (χ2n) is 5.33. The quantitative estimate of drug-likeness (QED) is 0.488. The van der Waals surface area contributed by atoms with Crippen molar-refractivity contribution in [2.75, 3.05) is 11.5 Å². The Morgan fingerprint density at radius 3 is 2.83 bits per heavy atom. The molecule has 1 fully saturated rings. The van der Waals surface area contributed by atoms with Gasteiger partial charge in [0, 0.05) is 17.2 Å². The molecule has 8 nitrogen and oxygen atoms in total. The Kier molecular flexibility index (Phi) is 5.09. The van der Waals surface area contributed by atoms with Gasteiger partial charge in [-0.25, -0.2) is 13.8 Å². The van der Waals surface area contributed by atoms with Crippen molar-refractivity contribution in [3.05, 3.63) is 39.4 Å². The number of nitrogens with zero attached hydrogens (tertiary/aromatic N) is 2. The molecule has 1 aliphatic rings. The molecule has 0 spiro atoms. The van der Waals surface area contributed by atoms with Crippen LogP contribution in [0.5, 0.6) is 0 Å². The highest BCUT2D eigenvalue weighted by Crippen LogP contribution is 2.20. The van der Waals surface area contributed by atoms with Gasteiger partial charge in [-0.1, -0.05) is 19.1 Å². The number of hydrazone groups is 1. The average molecular weight is 339 g/mol. The number of nitro groups is 1. The van der Waals surface area contributed by atoms with Crippen LogP contribution in [0.25, 0.3) is 0 Å². The van der Waals surface area contributed by atoms with Crippen molar-refractivity contribution in [2.24, 2.45) is 11.0 Å². The molecule has 1 aromatic carbocycles. The molecule has 0 saturated carbocycles. The van der Waals surface area contributed by atoms with Crippen LogP contribution in [0.3, 0.4) is 0 Å². The third-order valence-electron chi connectivity index (χ3n) is 3.68. The largest absolute Gasteiger partial charge is 0.273 e. The number of aryl methyl sites for hydroxylation is 1. The van der Waals surface area contributed by atoms with Crippen LogP contribution in [-0.2, 0) is 21.1 Å². The number of benzene rings is 1. The molecule has 9 heteroatoms. The van der Waals surface area contributed by atoms with Gasteiger partial charge in [0.05, 0.1) is 28.6 Å². The van der Waals surface area contributed by atoms with Crippen LogP contribution in [0.15, 0.2) is 23.3 Å². The van der Waals surface area contributed by atoms with Gasteiger partial charge in [-0.05, 0) is 12.8 Å². The normalized spacial score (nSPS) is 19.8. The maximum Gasteiger partial charge on any atom is 0.273 e. The van der Waals surface area contributed by atoms with Crippen molar-refractivity contribution >= 4 is 27.6 Å². The van der Waals surface area contributed by atoms with Gasteiger partial charge in [-0.15, -0.1) is 0 Å². The highest BCUT2D eigenvalue weighted by atomic mass is 32.2. The van der Waals surface area contributed by atoms with E-state index in [0.29, 0.717) is 24.0 Å². The molecular weight excluding hydrogens is 322 g/mol. The van der Waals surface area contributed by atoms with Crippen LogP contribution < -0.4 is 5.43 Å². The lowest BCUT2D eigenvalue weighted by molar-refractivity contribution is -0.385. The number of nitro benzene ring substituents is 1. The van der Waals surface area contributed by atoms with Crippen molar-refractivity contribution in [3.8, 4) is 0 Å². The summed E-state index contributed by atoms with van der Waals surface area (Å²) in [5.74, 6) is -1.19. The summed E-state index contributed by atoms with van der Waals surface area (Å²) in [6, 6.07) is 4.70. The Hall–Kier alpha value is -2.29. The molecule has 2 rings (SSSR count). The summed E-state index contributed by atoms with van der Waals surface area (Å²) in [4.78, 5) is 22.3. The maximum absolute atomic E-state index is 11.8. The van der Waals surface area contributed by atoms with Crippen LogP contribution in [-0.4, -0.2) is 37.0 Å². The summed E-state index contributed by atoms with van der Waals surface area (Å²) in [5, 5.41) is 14.7. The first-order valence-corrected chi connectivity index (χ1v) is 8.95. The monoisotopic (exact) mass is 339 g/mol. The van der Waals surface area contributed by atoms with E-state index in [9.17, 15) is 23.3 Å². The minimum absolute atomic E-state index is 0.00432. The number of carbonyl (C=O) groups excluding carboxylic acids is 1. The maximum atomic E-state index is 11.8. The summed E-state index contributed by atoms with van der Waals surface area (Å²) in [6.45, 7) is 1.83. The fourth-order valence-electron chi connectivity index (χ4n) is 2.39. The van der Waals surface area contributed by atoms with Crippen molar-refractivity contribution in [1.82, 2.24) is 5.43 Å². The van der Waals surface area contributed by atoms with E-state index in [0.717, 1.165) is 0 Å². The summed E-state index contributed by atoms with van der Waals surface area (Å²) in [5.41, 5.74) is 3.39. The summed E-state index contributed by atoms with van der Waals surface area (Å²) in [7, 11) is -3.13. The van der Waals surface area contributed by atoms with E-state index >= 15 is 0 Å². The van der Waals surface area contributed by atoms with Crippen molar-refractivity contribution in [3.63, 3.8) is 0 Å². The van der Waals surface area contributed by atoms with Crippen molar-refractivity contribution < 1.29 is 18.1 Å². The lowest BCUT2D eigenvalue weighted by Gasteiger charge is -2.05. The van der Waals surface area contributed by atoms with E-state index in [1.54, 1.807) is 12.1 Å². The van der Waals surface area contributed by atoms with Gasteiger partial charge in [0.25, 0.3) is 5.69 Å². The molecule has 1 amide bonds. The zero-order valence-corrected chi connectivity index (χ0v) is 13.4. The van der Waals surface area contributed by atoms with Gasteiger partial charge in [0.1, 0.15) is 0 Å². The molecule has 0 radical (unpaired) electrons. The fourth-order valence-corrected chi connectivity index (χ4v) is 4.14. The highest BCUT2D eigenvalue weighted by molar-refractivity contribution is 7.91. The van der Waals surface area contributed by atoms with Crippen LogP contribution in [0.4, 0.5) is 5.69 Å². The van der Waals surface area contributed by atoms with Gasteiger partial charge >= 0.3 is 0 Å². The second kappa shape index (κ2) is 6.86. The second-order valence-corrected chi connectivity index (χ2v) is 7.56. The summed E-state index contributed by atoms with van der Waals surface area (Å²) < 4.78 is 22.6. The minimum Gasteiger partial charge on any atom is -0.273 e. The van der Waals surface area contributed by atoms with Crippen LogP contribution >= 0.6 is 0 Å². The van der Waals surface area contributed by atoms with Gasteiger partial charge in [-0.3, -0.25) is 14.9 Å².